The molecule has 2 aromatic rings. The highest BCUT2D eigenvalue weighted by molar-refractivity contribution is 5.36. The van der Waals surface area contributed by atoms with Crippen LogP contribution in [0.25, 0.3) is 0 Å². The number of nitrogens with two attached hydrogens (primary N) is 1. The molecule has 3 heteroatoms. The smallest absolute Gasteiger partial charge is 0.123 e. The summed E-state index contributed by atoms with van der Waals surface area (Å²) in [6.07, 6.45) is 0. The second-order valence-electron chi connectivity index (χ2n) is 5.15. The summed E-state index contributed by atoms with van der Waals surface area (Å²) in [7, 11) is 0. The van der Waals surface area contributed by atoms with Crippen molar-refractivity contribution in [2.45, 2.75) is 32.9 Å². The Kier molecular flexibility index (Phi) is 4.74. The van der Waals surface area contributed by atoms with Crippen LogP contribution >= 0.6 is 0 Å². The van der Waals surface area contributed by atoms with Crippen molar-refractivity contribution in [1.82, 2.24) is 0 Å². The summed E-state index contributed by atoms with van der Waals surface area (Å²) < 4.78 is 19.3. The van der Waals surface area contributed by atoms with Gasteiger partial charge in [0.1, 0.15) is 18.2 Å². The van der Waals surface area contributed by atoms with Gasteiger partial charge in [-0.05, 0) is 40.8 Å². The van der Waals surface area contributed by atoms with Gasteiger partial charge in [0.25, 0.3) is 0 Å². The molecule has 0 heterocycles. The monoisotopic (exact) mass is 273 g/mol. The second-order valence-corrected chi connectivity index (χ2v) is 5.15. The maximum Gasteiger partial charge on any atom is 0.123 e. The Morgan fingerprint density at radius 1 is 1.10 bits per heavy atom. The Labute approximate surface area is 119 Å². The number of ether oxygens (including phenoxy) is 1. The lowest BCUT2D eigenvalue weighted by atomic mass is 10.0. The van der Waals surface area contributed by atoms with Crippen molar-refractivity contribution < 1.29 is 9.13 Å². The van der Waals surface area contributed by atoms with E-state index in [-0.39, 0.29) is 5.82 Å². The highest BCUT2D eigenvalue weighted by atomic mass is 19.1. The van der Waals surface area contributed by atoms with Crippen molar-refractivity contribution in [3.63, 3.8) is 0 Å². The van der Waals surface area contributed by atoms with E-state index < -0.39 is 0 Å². The van der Waals surface area contributed by atoms with E-state index >= 15 is 0 Å². The lowest BCUT2D eigenvalue weighted by Gasteiger charge is -2.14. The fourth-order valence-electron chi connectivity index (χ4n) is 2.17. The zero-order valence-corrected chi connectivity index (χ0v) is 11.9. The molecule has 0 saturated heterocycles. The summed E-state index contributed by atoms with van der Waals surface area (Å²) in [6, 6.07) is 12.7. The highest BCUT2D eigenvalue weighted by Gasteiger charge is 2.07. The maximum absolute atomic E-state index is 13.4. The van der Waals surface area contributed by atoms with E-state index in [0.717, 1.165) is 22.4 Å². The molecular weight excluding hydrogens is 253 g/mol. The summed E-state index contributed by atoms with van der Waals surface area (Å²) in [5, 5.41) is 0. The Hall–Kier alpha value is -1.87. The summed E-state index contributed by atoms with van der Waals surface area (Å²) >= 11 is 0. The zero-order valence-electron chi connectivity index (χ0n) is 11.9. The van der Waals surface area contributed by atoms with Gasteiger partial charge in [0, 0.05) is 6.54 Å². The molecule has 0 aromatic heterocycles. The Balaban J connectivity index is 2.15. The SMILES string of the molecule is CC(C)c1ccccc1OCc1cc(F)cc(CN)c1. The number of rotatable bonds is 5. The fourth-order valence-corrected chi connectivity index (χ4v) is 2.17. The predicted molar refractivity (Wildman–Crippen MR) is 79.2 cm³/mol. The van der Waals surface area contributed by atoms with Crippen LogP contribution in [0.5, 0.6) is 5.75 Å². The molecule has 2 aromatic carbocycles. The van der Waals surface area contributed by atoms with Gasteiger partial charge in [-0.25, -0.2) is 4.39 Å². The van der Waals surface area contributed by atoms with Gasteiger partial charge in [-0.15, -0.1) is 0 Å². The molecule has 0 bridgehead atoms. The average Bonchev–Trinajstić information content (AvgIpc) is 2.44. The Bertz CT molecular complexity index is 581. The Morgan fingerprint density at radius 3 is 2.50 bits per heavy atom. The molecule has 2 nitrogen and oxygen atoms in total. The lowest BCUT2D eigenvalue weighted by Crippen LogP contribution is -2.03. The van der Waals surface area contributed by atoms with Crippen LogP contribution < -0.4 is 10.5 Å². The van der Waals surface area contributed by atoms with E-state index in [1.165, 1.54) is 12.1 Å². The zero-order chi connectivity index (χ0) is 14.5. The third-order valence-electron chi connectivity index (χ3n) is 3.19. The van der Waals surface area contributed by atoms with Gasteiger partial charge < -0.3 is 10.5 Å². The van der Waals surface area contributed by atoms with E-state index in [0.29, 0.717) is 19.1 Å². The van der Waals surface area contributed by atoms with Crippen molar-refractivity contribution >= 4 is 0 Å². The molecule has 0 saturated carbocycles. The molecular formula is C17H20FNO. The molecule has 0 amide bonds. The van der Waals surface area contributed by atoms with E-state index in [1.807, 2.05) is 24.3 Å². The van der Waals surface area contributed by atoms with Crippen molar-refractivity contribution in [1.29, 1.82) is 0 Å². The van der Waals surface area contributed by atoms with Gasteiger partial charge in [-0.3, -0.25) is 0 Å². The number of hydrogen-bond acceptors (Lipinski definition) is 2. The maximum atomic E-state index is 13.4. The van der Waals surface area contributed by atoms with Crippen LogP contribution in [-0.2, 0) is 13.2 Å². The normalized spacial score (nSPS) is 10.8. The first-order valence-electron chi connectivity index (χ1n) is 6.80. The van der Waals surface area contributed by atoms with Gasteiger partial charge in [0.05, 0.1) is 0 Å². The third kappa shape index (κ3) is 3.58. The standard InChI is InChI=1S/C17H20FNO/c1-12(2)16-5-3-4-6-17(16)20-11-14-7-13(10-19)8-15(18)9-14/h3-9,12H,10-11,19H2,1-2H3. The molecule has 0 aliphatic rings. The lowest BCUT2D eigenvalue weighted by molar-refractivity contribution is 0.301. The molecule has 0 unspecified atom stereocenters. The number of halogens is 1. The number of para-hydroxylation sites is 1. The first-order valence-corrected chi connectivity index (χ1v) is 6.80. The fraction of sp³-hybridized carbons (Fsp3) is 0.294. The molecule has 106 valence electrons. The predicted octanol–water partition coefficient (Wildman–Crippen LogP) is 3.99. The second kappa shape index (κ2) is 6.53. The van der Waals surface area contributed by atoms with E-state index in [9.17, 15) is 4.39 Å². The Morgan fingerprint density at radius 2 is 1.80 bits per heavy atom. The van der Waals surface area contributed by atoms with Crippen LogP contribution in [0.4, 0.5) is 4.39 Å². The largest absolute Gasteiger partial charge is 0.489 e. The van der Waals surface area contributed by atoms with Crippen LogP contribution in [0.3, 0.4) is 0 Å². The minimum absolute atomic E-state index is 0.274. The summed E-state index contributed by atoms with van der Waals surface area (Å²) in [4.78, 5) is 0. The van der Waals surface area contributed by atoms with E-state index in [4.69, 9.17) is 10.5 Å². The van der Waals surface area contributed by atoms with Gasteiger partial charge in [0.2, 0.25) is 0 Å². The first kappa shape index (κ1) is 14.5. The minimum atomic E-state index is -0.274. The molecule has 0 radical (unpaired) electrons. The van der Waals surface area contributed by atoms with Crippen LogP contribution in [0.2, 0.25) is 0 Å². The molecule has 2 rings (SSSR count). The van der Waals surface area contributed by atoms with Crippen LogP contribution in [0, 0.1) is 5.82 Å². The highest BCUT2D eigenvalue weighted by Crippen LogP contribution is 2.26. The molecule has 20 heavy (non-hydrogen) atoms. The van der Waals surface area contributed by atoms with Crippen LogP contribution in [-0.4, -0.2) is 0 Å². The van der Waals surface area contributed by atoms with E-state index in [1.54, 1.807) is 0 Å². The topological polar surface area (TPSA) is 35.2 Å². The van der Waals surface area contributed by atoms with Crippen molar-refractivity contribution in [2.75, 3.05) is 0 Å². The van der Waals surface area contributed by atoms with Crippen LogP contribution in [0.1, 0.15) is 36.5 Å². The minimum Gasteiger partial charge on any atom is -0.489 e. The van der Waals surface area contributed by atoms with Crippen LogP contribution in [0.15, 0.2) is 42.5 Å². The van der Waals surface area contributed by atoms with Crippen molar-refractivity contribution in [2.24, 2.45) is 5.73 Å². The van der Waals surface area contributed by atoms with Gasteiger partial charge in [-0.2, -0.15) is 0 Å². The first-order chi connectivity index (χ1) is 9.60. The summed E-state index contributed by atoms with van der Waals surface area (Å²) in [6.45, 7) is 4.91. The van der Waals surface area contributed by atoms with Gasteiger partial charge in [-0.1, -0.05) is 38.1 Å². The van der Waals surface area contributed by atoms with Gasteiger partial charge >= 0.3 is 0 Å². The molecule has 0 spiro atoms. The molecule has 0 atom stereocenters. The third-order valence-corrected chi connectivity index (χ3v) is 3.19. The molecule has 2 N–H and O–H groups in total. The number of benzene rings is 2. The number of hydrogen-bond donors (Lipinski definition) is 1. The molecule has 0 fully saturated rings. The van der Waals surface area contributed by atoms with E-state index in [2.05, 4.69) is 19.9 Å². The van der Waals surface area contributed by atoms with Crippen molar-refractivity contribution in [3.8, 4) is 5.75 Å². The van der Waals surface area contributed by atoms with Crippen molar-refractivity contribution in [3.05, 3.63) is 65.0 Å². The summed E-state index contributed by atoms with van der Waals surface area (Å²) in [5.74, 6) is 0.961. The summed E-state index contributed by atoms with van der Waals surface area (Å²) in [5.41, 5.74) is 8.28. The molecule has 0 aliphatic heterocycles. The average molecular weight is 273 g/mol. The van der Waals surface area contributed by atoms with Gasteiger partial charge in [0.15, 0.2) is 0 Å². The quantitative estimate of drug-likeness (QED) is 0.894. The molecule has 0 aliphatic carbocycles.